The molecule has 0 aromatic heterocycles. The molecule has 1 heterocycles. The van der Waals surface area contributed by atoms with Gasteiger partial charge in [-0.05, 0) is 19.1 Å². The molecule has 19 heavy (non-hydrogen) atoms. The van der Waals surface area contributed by atoms with E-state index in [1.165, 1.54) is 0 Å². The molecule has 0 unspecified atom stereocenters. The fraction of sp³-hybridized carbons (Fsp3) is 0.429. The fourth-order valence-electron chi connectivity index (χ4n) is 2.10. The van der Waals surface area contributed by atoms with Crippen molar-refractivity contribution in [3.05, 3.63) is 30.3 Å². The number of rotatable bonds is 2. The molecular weight excluding hydrogens is 244 g/mol. The van der Waals surface area contributed by atoms with Gasteiger partial charge in [-0.2, -0.15) is 0 Å². The summed E-state index contributed by atoms with van der Waals surface area (Å²) in [4.78, 5) is 27.1. The van der Waals surface area contributed by atoms with Crippen LogP contribution in [0, 0.1) is 0 Å². The van der Waals surface area contributed by atoms with Crippen molar-refractivity contribution in [2.45, 2.75) is 13.3 Å². The summed E-state index contributed by atoms with van der Waals surface area (Å²) in [7, 11) is 0. The van der Waals surface area contributed by atoms with Crippen LogP contribution in [0.1, 0.15) is 13.3 Å². The van der Waals surface area contributed by atoms with Gasteiger partial charge in [-0.1, -0.05) is 18.2 Å². The molecule has 0 N–H and O–H groups in total. The highest BCUT2D eigenvalue weighted by Gasteiger charge is 2.25. The molecule has 1 aliphatic rings. The molecule has 0 saturated carbocycles. The van der Waals surface area contributed by atoms with Crippen molar-refractivity contribution in [3.8, 4) is 0 Å². The summed E-state index contributed by atoms with van der Waals surface area (Å²) in [5.74, 6) is 0.0398. The Morgan fingerprint density at radius 2 is 1.95 bits per heavy atom. The topological polar surface area (TPSA) is 49.9 Å². The standard InChI is InChI=1S/C14H18N2O3/c1-2-19-14(18)15-9-8-13(17)16(11-10-15)12-6-4-3-5-7-12/h3-7H,2,8-11H2,1H3. The van der Waals surface area contributed by atoms with Gasteiger partial charge in [-0.25, -0.2) is 4.79 Å². The maximum atomic E-state index is 12.1. The third-order valence-electron chi connectivity index (χ3n) is 3.08. The molecule has 1 saturated heterocycles. The minimum Gasteiger partial charge on any atom is -0.450 e. The van der Waals surface area contributed by atoms with E-state index in [0.29, 0.717) is 32.7 Å². The highest BCUT2D eigenvalue weighted by Crippen LogP contribution is 2.17. The number of benzene rings is 1. The van der Waals surface area contributed by atoms with Gasteiger partial charge < -0.3 is 14.5 Å². The Morgan fingerprint density at radius 1 is 1.21 bits per heavy atom. The lowest BCUT2D eigenvalue weighted by Gasteiger charge is -2.21. The summed E-state index contributed by atoms with van der Waals surface area (Å²) >= 11 is 0. The minimum absolute atomic E-state index is 0.0398. The number of hydrogen-bond acceptors (Lipinski definition) is 3. The van der Waals surface area contributed by atoms with Gasteiger partial charge in [0.2, 0.25) is 5.91 Å². The van der Waals surface area contributed by atoms with E-state index in [2.05, 4.69) is 0 Å². The molecule has 2 amide bonds. The third-order valence-corrected chi connectivity index (χ3v) is 3.08. The highest BCUT2D eigenvalue weighted by molar-refractivity contribution is 5.94. The van der Waals surface area contributed by atoms with Crippen molar-refractivity contribution < 1.29 is 14.3 Å². The SMILES string of the molecule is CCOC(=O)N1CCC(=O)N(c2ccccc2)CC1. The van der Waals surface area contributed by atoms with Crippen LogP contribution in [-0.2, 0) is 9.53 Å². The molecule has 5 heteroatoms. The smallest absolute Gasteiger partial charge is 0.409 e. The molecule has 0 spiro atoms. The molecule has 102 valence electrons. The van der Waals surface area contributed by atoms with Gasteiger partial charge in [0, 0.05) is 31.7 Å². The molecule has 0 atom stereocenters. The van der Waals surface area contributed by atoms with Gasteiger partial charge >= 0.3 is 6.09 Å². The molecule has 1 aliphatic heterocycles. The van der Waals surface area contributed by atoms with E-state index in [0.717, 1.165) is 5.69 Å². The third kappa shape index (κ3) is 3.24. The Kier molecular flexibility index (Phi) is 4.39. The van der Waals surface area contributed by atoms with Crippen LogP contribution < -0.4 is 4.90 Å². The van der Waals surface area contributed by atoms with Gasteiger partial charge in [0.1, 0.15) is 0 Å². The van der Waals surface area contributed by atoms with Gasteiger partial charge in [0.15, 0.2) is 0 Å². The zero-order chi connectivity index (χ0) is 13.7. The molecule has 1 fully saturated rings. The van der Waals surface area contributed by atoms with Gasteiger partial charge in [-0.15, -0.1) is 0 Å². The van der Waals surface area contributed by atoms with Crippen LogP contribution >= 0.6 is 0 Å². The first-order chi connectivity index (χ1) is 9.22. The number of nitrogens with zero attached hydrogens (tertiary/aromatic N) is 2. The number of carbonyl (C=O) groups is 2. The molecule has 2 rings (SSSR count). The Hall–Kier alpha value is -2.04. The summed E-state index contributed by atoms with van der Waals surface area (Å²) in [6, 6.07) is 9.51. The molecule has 5 nitrogen and oxygen atoms in total. The Balaban J connectivity index is 2.06. The first-order valence-corrected chi connectivity index (χ1v) is 6.49. The monoisotopic (exact) mass is 262 g/mol. The summed E-state index contributed by atoms with van der Waals surface area (Å²) in [6.45, 7) is 3.55. The largest absolute Gasteiger partial charge is 0.450 e. The van der Waals surface area contributed by atoms with E-state index in [4.69, 9.17) is 4.74 Å². The van der Waals surface area contributed by atoms with Gasteiger partial charge in [-0.3, -0.25) is 4.79 Å². The number of hydrogen-bond donors (Lipinski definition) is 0. The van der Waals surface area contributed by atoms with Crippen LogP contribution in [0.4, 0.5) is 10.5 Å². The Bertz CT molecular complexity index is 447. The minimum atomic E-state index is -0.342. The summed E-state index contributed by atoms with van der Waals surface area (Å²) in [6.07, 6.45) is -0.0153. The van der Waals surface area contributed by atoms with Crippen molar-refractivity contribution in [3.63, 3.8) is 0 Å². The Labute approximate surface area is 112 Å². The van der Waals surface area contributed by atoms with Gasteiger partial charge in [0.25, 0.3) is 0 Å². The quantitative estimate of drug-likeness (QED) is 0.817. The normalized spacial score (nSPS) is 16.2. The Morgan fingerprint density at radius 3 is 2.63 bits per heavy atom. The van der Waals surface area contributed by atoms with Gasteiger partial charge in [0.05, 0.1) is 6.61 Å². The predicted molar refractivity (Wildman–Crippen MR) is 72.0 cm³/mol. The number of carbonyl (C=O) groups excluding carboxylic acids is 2. The van der Waals surface area contributed by atoms with E-state index in [-0.39, 0.29) is 12.0 Å². The average molecular weight is 262 g/mol. The lowest BCUT2D eigenvalue weighted by atomic mass is 10.2. The maximum absolute atomic E-state index is 12.1. The molecule has 0 aliphatic carbocycles. The van der Waals surface area contributed by atoms with Crippen molar-refractivity contribution in [2.24, 2.45) is 0 Å². The first kappa shape index (κ1) is 13.4. The van der Waals surface area contributed by atoms with Crippen molar-refractivity contribution in [2.75, 3.05) is 31.1 Å². The first-order valence-electron chi connectivity index (χ1n) is 6.49. The van der Waals surface area contributed by atoms with E-state index >= 15 is 0 Å². The second kappa shape index (κ2) is 6.22. The van der Waals surface area contributed by atoms with Crippen LogP contribution in [0.25, 0.3) is 0 Å². The second-order valence-electron chi connectivity index (χ2n) is 4.32. The van der Waals surface area contributed by atoms with E-state index in [1.54, 1.807) is 16.7 Å². The maximum Gasteiger partial charge on any atom is 0.409 e. The lowest BCUT2D eigenvalue weighted by molar-refractivity contribution is -0.118. The average Bonchev–Trinajstić information content (AvgIpc) is 2.62. The molecular formula is C14H18N2O3. The fourth-order valence-corrected chi connectivity index (χ4v) is 2.10. The summed E-state index contributed by atoms with van der Waals surface area (Å²) in [5, 5.41) is 0. The van der Waals surface area contributed by atoms with Crippen molar-refractivity contribution in [1.82, 2.24) is 4.90 Å². The molecule has 0 bridgehead atoms. The van der Waals surface area contributed by atoms with Crippen molar-refractivity contribution >= 4 is 17.7 Å². The zero-order valence-corrected chi connectivity index (χ0v) is 11.0. The lowest BCUT2D eigenvalue weighted by Crippen LogP contribution is -2.36. The molecule has 1 aromatic carbocycles. The highest BCUT2D eigenvalue weighted by atomic mass is 16.6. The molecule has 1 aromatic rings. The zero-order valence-electron chi connectivity index (χ0n) is 11.0. The van der Waals surface area contributed by atoms with Crippen LogP contribution in [0.3, 0.4) is 0 Å². The van der Waals surface area contributed by atoms with Crippen LogP contribution in [0.5, 0.6) is 0 Å². The predicted octanol–water partition coefficient (Wildman–Crippen LogP) is 1.88. The molecule has 0 radical (unpaired) electrons. The van der Waals surface area contributed by atoms with Crippen LogP contribution in [0.2, 0.25) is 0 Å². The summed E-state index contributed by atoms with van der Waals surface area (Å²) in [5.41, 5.74) is 0.873. The van der Waals surface area contributed by atoms with E-state index in [1.807, 2.05) is 30.3 Å². The number of anilines is 1. The van der Waals surface area contributed by atoms with E-state index in [9.17, 15) is 9.59 Å². The van der Waals surface area contributed by atoms with Crippen molar-refractivity contribution in [1.29, 1.82) is 0 Å². The van der Waals surface area contributed by atoms with E-state index < -0.39 is 0 Å². The summed E-state index contributed by atoms with van der Waals surface area (Å²) < 4.78 is 4.97. The number of ether oxygens (including phenoxy) is 1. The number of amides is 2. The number of para-hydroxylation sites is 1. The van der Waals surface area contributed by atoms with Crippen LogP contribution in [-0.4, -0.2) is 43.1 Å². The van der Waals surface area contributed by atoms with Crippen LogP contribution in [0.15, 0.2) is 30.3 Å². The second-order valence-corrected chi connectivity index (χ2v) is 4.32.